The molecule has 0 aromatic heterocycles. The second-order valence-corrected chi connectivity index (χ2v) is 2.90. The van der Waals surface area contributed by atoms with Crippen molar-refractivity contribution in [3.63, 3.8) is 0 Å². The van der Waals surface area contributed by atoms with E-state index in [4.69, 9.17) is 10.00 Å². The maximum atomic E-state index is 8.33. The Balaban J connectivity index is 2.46. The molecule has 0 aliphatic carbocycles. The fraction of sp³-hybridized carbons (Fsp3) is 0.364. The van der Waals surface area contributed by atoms with Crippen molar-refractivity contribution in [2.24, 2.45) is 0 Å². The van der Waals surface area contributed by atoms with Crippen molar-refractivity contribution >= 4 is 0 Å². The monoisotopic (exact) mass is 190 g/mol. The number of benzene rings is 1. The lowest BCUT2D eigenvalue weighted by atomic mass is 10.1. The molecule has 0 saturated heterocycles. The highest BCUT2D eigenvalue weighted by molar-refractivity contribution is 5.33. The highest BCUT2D eigenvalue weighted by Gasteiger charge is 1.99. The van der Waals surface area contributed by atoms with Gasteiger partial charge in [0.25, 0.3) is 0 Å². The average Bonchev–Trinajstić information content (AvgIpc) is 2.25. The van der Waals surface area contributed by atoms with E-state index in [1.807, 2.05) is 30.3 Å². The molecule has 0 unspecified atom stereocenters. The van der Waals surface area contributed by atoms with Gasteiger partial charge < -0.3 is 10.1 Å². The lowest BCUT2D eigenvalue weighted by molar-refractivity contribution is 0.409. The SMILES string of the molecule is COc1ccccc1CCNCC#N. The molecule has 1 rings (SSSR count). The fourth-order valence-electron chi connectivity index (χ4n) is 1.28. The van der Waals surface area contributed by atoms with Crippen molar-refractivity contribution in [2.45, 2.75) is 6.42 Å². The first kappa shape index (κ1) is 10.6. The molecule has 0 amide bonds. The lowest BCUT2D eigenvalue weighted by Gasteiger charge is -2.07. The Labute approximate surface area is 84.3 Å². The van der Waals surface area contributed by atoms with Gasteiger partial charge in [0.1, 0.15) is 5.75 Å². The summed E-state index contributed by atoms with van der Waals surface area (Å²) in [4.78, 5) is 0. The molecular formula is C11H14N2O. The van der Waals surface area contributed by atoms with Gasteiger partial charge in [-0.15, -0.1) is 0 Å². The van der Waals surface area contributed by atoms with Crippen LogP contribution in [-0.4, -0.2) is 20.2 Å². The molecule has 3 nitrogen and oxygen atoms in total. The largest absolute Gasteiger partial charge is 0.496 e. The van der Waals surface area contributed by atoms with Crippen molar-refractivity contribution in [1.29, 1.82) is 5.26 Å². The minimum Gasteiger partial charge on any atom is -0.496 e. The van der Waals surface area contributed by atoms with Gasteiger partial charge >= 0.3 is 0 Å². The van der Waals surface area contributed by atoms with E-state index in [0.29, 0.717) is 6.54 Å². The zero-order chi connectivity index (χ0) is 10.2. The zero-order valence-electron chi connectivity index (χ0n) is 8.29. The number of hydrogen-bond acceptors (Lipinski definition) is 3. The first-order valence-electron chi connectivity index (χ1n) is 4.58. The van der Waals surface area contributed by atoms with Gasteiger partial charge in [0.15, 0.2) is 0 Å². The van der Waals surface area contributed by atoms with Crippen LogP contribution in [0.2, 0.25) is 0 Å². The Morgan fingerprint density at radius 2 is 2.21 bits per heavy atom. The molecule has 3 heteroatoms. The fourth-order valence-corrected chi connectivity index (χ4v) is 1.28. The molecule has 0 atom stereocenters. The van der Waals surface area contributed by atoms with Gasteiger partial charge in [-0.25, -0.2) is 0 Å². The number of rotatable bonds is 5. The van der Waals surface area contributed by atoms with E-state index in [0.717, 1.165) is 18.7 Å². The highest BCUT2D eigenvalue weighted by atomic mass is 16.5. The summed E-state index contributed by atoms with van der Waals surface area (Å²) in [5.74, 6) is 0.909. The summed E-state index contributed by atoms with van der Waals surface area (Å²) in [5, 5.41) is 11.3. The van der Waals surface area contributed by atoms with Crippen LogP contribution in [0.3, 0.4) is 0 Å². The number of nitriles is 1. The maximum Gasteiger partial charge on any atom is 0.122 e. The van der Waals surface area contributed by atoms with E-state index < -0.39 is 0 Å². The van der Waals surface area contributed by atoms with Crippen LogP contribution in [0.4, 0.5) is 0 Å². The van der Waals surface area contributed by atoms with Gasteiger partial charge in [0.05, 0.1) is 19.7 Å². The molecule has 1 aromatic carbocycles. The van der Waals surface area contributed by atoms with Crippen LogP contribution in [-0.2, 0) is 6.42 Å². The number of hydrogen-bond donors (Lipinski definition) is 1. The Bertz CT molecular complexity index is 317. The molecular weight excluding hydrogens is 176 g/mol. The molecule has 0 bridgehead atoms. The van der Waals surface area contributed by atoms with E-state index in [1.54, 1.807) is 7.11 Å². The first-order valence-corrected chi connectivity index (χ1v) is 4.58. The first-order chi connectivity index (χ1) is 6.88. The zero-order valence-corrected chi connectivity index (χ0v) is 8.29. The van der Waals surface area contributed by atoms with Crippen molar-refractivity contribution in [1.82, 2.24) is 5.32 Å². The van der Waals surface area contributed by atoms with Crippen molar-refractivity contribution in [3.05, 3.63) is 29.8 Å². The summed E-state index contributed by atoms with van der Waals surface area (Å²) in [6.45, 7) is 1.20. The second kappa shape index (κ2) is 6.01. The van der Waals surface area contributed by atoms with Crippen molar-refractivity contribution < 1.29 is 4.74 Å². The number of nitrogens with zero attached hydrogens (tertiary/aromatic N) is 1. The standard InChI is InChI=1S/C11H14N2O/c1-14-11-5-3-2-4-10(11)6-8-13-9-7-12/h2-5,13H,6,8-9H2,1H3. The Kier molecular flexibility index (Phi) is 4.53. The molecule has 0 aliphatic heterocycles. The molecule has 0 spiro atoms. The van der Waals surface area contributed by atoms with Crippen LogP contribution in [0, 0.1) is 11.3 Å². The lowest BCUT2D eigenvalue weighted by Crippen LogP contribution is -2.17. The summed E-state index contributed by atoms with van der Waals surface area (Å²) in [6.07, 6.45) is 0.881. The van der Waals surface area contributed by atoms with E-state index in [1.165, 1.54) is 5.56 Å². The van der Waals surface area contributed by atoms with Crippen LogP contribution in [0.5, 0.6) is 5.75 Å². The van der Waals surface area contributed by atoms with E-state index in [-0.39, 0.29) is 0 Å². The summed E-state index contributed by atoms with van der Waals surface area (Å²) >= 11 is 0. The van der Waals surface area contributed by atoms with Gasteiger partial charge in [-0.1, -0.05) is 18.2 Å². The predicted octanol–water partition coefficient (Wildman–Crippen LogP) is 1.35. The van der Waals surface area contributed by atoms with Crippen molar-refractivity contribution in [2.75, 3.05) is 20.2 Å². The van der Waals surface area contributed by atoms with E-state index >= 15 is 0 Å². The van der Waals surface area contributed by atoms with Crippen LogP contribution >= 0.6 is 0 Å². The summed E-state index contributed by atoms with van der Waals surface area (Å²) in [7, 11) is 1.67. The average molecular weight is 190 g/mol. The third kappa shape index (κ3) is 3.08. The molecule has 0 heterocycles. The Hall–Kier alpha value is -1.53. The van der Waals surface area contributed by atoms with Gasteiger partial charge in [0, 0.05) is 6.54 Å². The molecule has 0 radical (unpaired) electrons. The quantitative estimate of drug-likeness (QED) is 0.563. The minimum absolute atomic E-state index is 0.398. The van der Waals surface area contributed by atoms with Crippen molar-refractivity contribution in [3.8, 4) is 11.8 Å². The molecule has 14 heavy (non-hydrogen) atoms. The maximum absolute atomic E-state index is 8.33. The summed E-state index contributed by atoms with van der Waals surface area (Å²) < 4.78 is 5.21. The summed E-state index contributed by atoms with van der Waals surface area (Å²) in [6, 6.07) is 9.96. The molecule has 0 fully saturated rings. The van der Waals surface area contributed by atoms with Crippen LogP contribution in [0.15, 0.2) is 24.3 Å². The third-order valence-electron chi connectivity index (χ3n) is 1.97. The number of methoxy groups -OCH3 is 1. The molecule has 0 saturated carbocycles. The predicted molar refractivity (Wildman–Crippen MR) is 55.2 cm³/mol. The summed E-state index contributed by atoms with van der Waals surface area (Å²) in [5.41, 5.74) is 1.17. The van der Waals surface area contributed by atoms with Crippen LogP contribution in [0.1, 0.15) is 5.56 Å². The van der Waals surface area contributed by atoms with E-state index in [2.05, 4.69) is 5.32 Å². The van der Waals surface area contributed by atoms with Gasteiger partial charge in [0.2, 0.25) is 0 Å². The van der Waals surface area contributed by atoms with Gasteiger partial charge in [-0.05, 0) is 18.1 Å². The highest BCUT2D eigenvalue weighted by Crippen LogP contribution is 2.16. The third-order valence-corrected chi connectivity index (χ3v) is 1.97. The van der Waals surface area contributed by atoms with Gasteiger partial charge in [-0.3, -0.25) is 0 Å². The Morgan fingerprint density at radius 3 is 2.93 bits per heavy atom. The number of para-hydroxylation sites is 1. The Morgan fingerprint density at radius 1 is 1.43 bits per heavy atom. The molecule has 1 N–H and O–H groups in total. The van der Waals surface area contributed by atoms with Crippen LogP contribution in [0.25, 0.3) is 0 Å². The topological polar surface area (TPSA) is 45.0 Å². The molecule has 74 valence electrons. The second-order valence-electron chi connectivity index (χ2n) is 2.90. The van der Waals surface area contributed by atoms with Crippen LogP contribution < -0.4 is 10.1 Å². The number of nitrogens with one attached hydrogen (secondary N) is 1. The number of ether oxygens (including phenoxy) is 1. The molecule has 0 aliphatic rings. The van der Waals surface area contributed by atoms with Gasteiger partial charge in [-0.2, -0.15) is 5.26 Å². The normalized spacial score (nSPS) is 9.43. The molecule has 1 aromatic rings. The minimum atomic E-state index is 0.398. The smallest absolute Gasteiger partial charge is 0.122 e. The van der Waals surface area contributed by atoms with E-state index in [9.17, 15) is 0 Å².